The van der Waals surface area contributed by atoms with Crippen LogP contribution in [0.4, 0.5) is 0 Å². The molecule has 2 N–H and O–H groups in total. The van der Waals surface area contributed by atoms with Crippen LogP contribution in [0.5, 0.6) is 0 Å². The predicted octanol–water partition coefficient (Wildman–Crippen LogP) is 2.80. The van der Waals surface area contributed by atoms with E-state index in [-0.39, 0.29) is 6.10 Å². The van der Waals surface area contributed by atoms with Crippen molar-refractivity contribution in [3.63, 3.8) is 0 Å². The lowest BCUT2D eigenvalue weighted by Gasteiger charge is -2.28. The summed E-state index contributed by atoms with van der Waals surface area (Å²) >= 11 is 0. The van der Waals surface area contributed by atoms with Gasteiger partial charge in [-0.2, -0.15) is 4.98 Å². The lowest BCUT2D eigenvalue weighted by molar-refractivity contribution is 0.0683. The largest absolute Gasteiger partial charge is 0.371 e. The molecule has 0 bridgehead atoms. The number of hydrogen-bond acceptors (Lipinski definition) is 5. The van der Waals surface area contributed by atoms with E-state index < -0.39 is 0 Å². The number of aromatic nitrogens is 2. The monoisotopic (exact) mass is 337 g/mol. The topological polar surface area (TPSA) is 84.6 Å². The van der Waals surface area contributed by atoms with Crippen LogP contribution in [0.2, 0.25) is 0 Å². The van der Waals surface area contributed by atoms with Gasteiger partial charge in [0.1, 0.15) is 12.6 Å². The normalized spacial score (nSPS) is 23.1. The first kappa shape index (κ1) is 18.7. The van der Waals surface area contributed by atoms with Crippen molar-refractivity contribution in [3.8, 4) is 0 Å². The molecule has 0 radical (unpaired) electrons. The SMILES string of the molecule is CCNC(=NCc1nc(C(C)OCC)no1)NC1CCCC(C)C1. The van der Waals surface area contributed by atoms with Gasteiger partial charge < -0.3 is 19.9 Å². The minimum atomic E-state index is -0.161. The van der Waals surface area contributed by atoms with Crippen molar-refractivity contribution in [3.05, 3.63) is 11.7 Å². The van der Waals surface area contributed by atoms with Crippen LogP contribution in [-0.4, -0.2) is 35.3 Å². The Balaban J connectivity index is 1.92. The molecule has 1 aliphatic carbocycles. The molecular weight excluding hydrogens is 306 g/mol. The van der Waals surface area contributed by atoms with Gasteiger partial charge in [0, 0.05) is 19.2 Å². The van der Waals surface area contributed by atoms with E-state index in [0.29, 0.717) is 30.9 Å². The Labute approximate surface area is 144 Å². The average molecular weight is 337 g/mol. The van der Waals surface area contributed by atoms with E-state index in [2.05, 4.69) is 39.6 Å². The maximum atomic E-state index is 5.47. The van der Waals surface area contributed by atoms with Crippen molar-refractivity contribution < 1.29 is 9.26 Å². The third-order valence-corrected chi connectivity index (χ3v) is 4.26. The summed E-state index contributed by atoms with van der Waals surface area (Å²) in [6, 6.07) is 0.489. The predicted molar refractivity (Wildman–Crippen MR) is 93.7 cm³/mol. The first-order chi connectivity index (χ1) is 11.6. The fourth-order valence-electron chi connectivity index (χ4n) is 3.05. The number of hydrogen-bond donors (Lipinski definition) is 2. The second-order valence-corrected chi connectivity index (χ2v) is 6.45. The minimum absolute atomic E-state index is 0.161. The molecule has 24 heavy (non-hydrogen) atoms. The third-order valence-electron chi connectivity index (χ3n) is 4.26. The summed E-state index contributed by atoms with van der Waals surface area (Å²) in [6.07, 6.45) is 4.84. The summed E-state index contributed by atoms with van der Waals surface area (Å²) in [4.78, 5) is 8.93. The Morgan fingerprint density at radius 3 is 2.96 bits per heavy atom. The second kappa shape index (κ2) is 9.61. The van der Waals surface area contributed by atoms with E-state index in [0.717, 1.165) is 18.4 Å². The molecule has 3 atom stereocenters. The Morgan fingerprint density at radius 2 is 2.25 bits per heavy atom. The van der Waals surface area contributed by atoms with Gasteiger partial charge in [-0.05, 0) is 39.5 Å². The average Bonchev–Trinajstić information content (AvgIpc) is 3.02. The molecule has 1 heterocycles. The second-order valence-electron chi connectivity index (χ2n) is 6.45. The smallest absolute Gasteiger partial charge is 0.248 e. The Morgan fingerprint density at radius 1 is 1.42 bits per heavy atom. The fourth-order valence-corrected chi connectivity index (χ4v) is 3.05. The standard InChI is InChI=1S/C17H31N5O2/c1-5-18-17(20-14-9-7-8-12(3)10-14)19-11-15-21-16(22-24-15)13(4)23-6-2/h12-14H,5-11H2,1-4H3,(H2,18,19,20). The summed E-state index contributed by atoms with van der Waals surface area (Å²) in [7, 11) is 0. The quantitative estimate of drug-likeness (QED) is 0.588. The molecule has 1 fully saturated rings. The minimum Gasteiger partial charge on any atom is -0.371 e. The zero-order valence-electron chi connectivity index (χ0n) is 15.3. The number of aliphatic imine (C=N–C) groups is 1. The summed E-state index contributed by atoms with van der Waals surface area (Å²) in [6.45, 7) is 10.1. The van der Waals surface area contributed by atoms with E-state index >= 15 is 0 Å². The summed E-state index contributed by atoms with van der Waals surface area (Å²) in [5.41, 5.74) is 0. The van der Waals surface area contributed by atoms with E-state index in [1.54, 1.807) is 0 Å². The van der Waals surface area contributed by atoms with Crippen molar-refractivity contribution in [2.24, 2.45) is 10.9 Å². The molecule has 1 aromatic rings. The van der Waals surface area contributed by atoms with Crippen molar-refractivity contribution in [1.82, 2.24) is 20.8 Å². The third kappa shape index (κ3) is 5.78. The van der Waals surface area contributed by atoms with Gasteiger partial charge in [-0.1, -0.05) is 24.9 Å². The Bertz CT molecular complexity index is 517. The highest BCUT2D eigenvalue weighted by Gasteiger charge is 2.20. The molecule has 0 aromatic carbocycles. The van der Waals surface area contributed by atoms with Crippen LogP contribution >= 0.6 is 0 Å². The molecule has 1 saturated carbocycles. The zero-order valence-corrected chi connectivity index (χ0v) is 15.3. The first-order valence-corrected chi connectivity index (χ1v) is 9.11. The molecule has 0 spiro atoms. The molecular formula is C17H31N5O2. The molecule has 7 nitrogen and oxygen atoms in total. The molecule has 7 heteroatoms. The maximum Gasteiger partial charge on any atom is 0.248 e. The van der Waals surface area contributed by atoms with Crippen LogP contribution in [0.3, 0.4) is 0 Å². The van der Waals surface area contributed by atoms with Crippen LogP contribution in [0, 0.1) is 5.92 Å². The van der Waals surface area contributed by atoms with Gasteiger partial charge in [-0.3, -0.25) is 0 Å². The molecule has 2 rings (SSSR count). The Hall–Kier alpha value is -1.63. The van der Waals surface area contributed by atoms with E-state index in [1.165, 1.54) is 25.7 Å². The van der Waals surface area contributed by atoms with Crippen LogP contribution in [0.1, 0.15) is 71.2 Å². The number of nitrogens with one attached hydrogen (secondary N) is 2. The van der Waals surface area contributed by atoms with Crippen LogP contribution in [0.25, 0.3) is 0 Å². The van der Waals surface area contributed by atoms with E-state index in [9.17, 15) is 0 Å². The number of nitrogens with zero attached hydrogens (tertiary/aromatic N) is 3. The zero-order chi connectivity index (χ0) is 17.4. The molecule has 0 saturated heterocycles. The molecule has 1 aliphatic rings. The van der Waals surface area contributed by atoms with Gasteiger partial charge in [0.05, 0.1) is 0 Å². The summed E-state index contributed by atoms with van der Waals surface area (Å²) < 4.78 is 10.7. The molecule has 1 aromatic heterocycles. The fraction of sp³-hybridized carbons (Fsp3) is 0.824. The molecule has 136 valence electrons. The van der Waals surface area contributed by atoms with Crippen molar-refractivity contribution >= 4 is 5.96 Å². The highest BCUT2D eigenvalue weighted by molar-refractivity contribution is 5.80. The lowest BCUT2D eigenvalue weighted by atomic mass is 9.87. The van der Waals surface area contributed by atoms with Crippen LogP contribution < -0.4 is 10.6 Å². The Kier molecular flexibility index (Phi) is 7.49. The number of ether oxygens (including phenoxy) is 1. The lowest BCUT2D eigenvalue weighted by Crippen LogP contribution is -2.45. The van der Waals surface area contributed by atoms with E-state index in [4.69, 9.17) is 9.26 Å². The first-order valence-electron chi connectivity index (χ1n) is 9.11. The van der Waals surface area contributed by atoms with Crippen LogP contribution in [0.15, 0.2) is 9.52 Å². The van der Waals surface area contributed by atoms with Crippen molar-refractivity contribution in [2.75, 3.05) is 13.2 Å². The van der Waals surface area contributed by atoms with Gasteiger partial charge in [0.15, 0.2) is 11.8 Å². The van der Waals surface area contributed by atoms with Crippen molar-refractivity contribution in [1.29, 1.82) is 0 Å². The summed E-state index contributed by atoms with van der Waals surface area (Å²) in [5, 5.41) is 10.8. The summed E-state index contributed by atoms with van der Waals surface area (Å²) in [5.74, 6) is 2.67. The van der Waals surface area contributed by atoms with Gasteiger partial charge in [-0.25, -0.2) is 4.99 Å². The molecule has 3 unspecified atom stereocenters. The molecule has 0 aliphatic heterocycles. The number of guanidine groups is 1. The number of rotatable bonds is 7. The highest BCUT2D eigenvalue weighted by Crippen LogP contribution is 2.23. The van der Waals surface area contributed by atoms with Crippen LogP contribution in [-0.2, 0) is 11.3 Å². The van der Waals surface area contributed by atoms with E-state index in [1.807, 2.05) is 13.8 Å². The van der Waals surface area contributed by atoms with Gasteiger partial charge in [0.25, 0.3) is 0 Å². The van der Waals surface area contributed by atoms with Gasteiger partial charge in [-0.15, -0.1) is 0 Å². The maximum absolute atomic E-state index is 5.47. The highest BCUT2D eigenvalue weighted by atomic mass is 16.5. The molecule has 0 amide bonds. The van der Waals surface area contributed by atoms with Crippen molar-refractivity contribution in [2.45, 2.75) is 72.1 Å². The van der Waals surface area contributed by atoms with Gasteiger partial charge >= 0.3 is 0 Å². The van der Waals surface area contributed by atoms with Gasteiger partial charge in [0.2, 0.25) is 5.89 Å².